The maximum absolute atomic E-state index is 12.8. The van der Waals surface area contributed by atoms with Crippen molar-refractivity contribution in [1.82, 2.24) is 9.88 Å². The maximum atomic E-state index is 12.8. The largest absolute Gasteiger partial charge is 0.497 e. The quantitative estimate of drug-likeness (QED) is 0.561. The zero-order chi connectivity index (χ0) is 21.1. The summed E-state index contributed by atoms with van der Waals surface area (Å²) in [6, 6.07) is 18.3. The Balaban J connectivity index is 1.61. The highest BCUT2D eigenvalue weighted by molar-refractivity contribution is 7.99. The Bertz CT molecular complexity index is 1030. The number of amides is 1. The van der Waals surface area contributed by atoms with Crippen molar-refractivity contribution < 1.29 is 14.3 Å². The van der Waals surface area contributed by atoms with Crippen LogP contribution in [0.1, 0.15) is 13.8 Å². The number of carbonyl (C=O) groups excluding carboxylic acids is 1. The van der Waals surface area contributed by atoms with Gasteiger partial charge in [-0.2, -0.15) is 0 Å². The van der Waals surface area contributed by atoms with Crippen molar-refractivity contribution in [3.8, 4) is 16.9 Å². The van der Waals surface area contributed by atoms with Crippen LogP contribution in [0.5, 0.6) is 5.75 Å². The summed E-state index contributed by atoms with van der Waals surface area (Å²) < 4.78 is 11.1. The van der Waals surface area contributed by atoms with E-state index >= 15 is 0 Å². The number of carbonyl (C=O) groups is 1. The van der Waals surface area contributed by atoms with Crippen molar-refractivity contribution >= 4 is 28.6 Å². The number of ether oxygens (including phenoxy) is 2. The number of benzene rings is 2. The van der Waals surface area contributed by atoms with Gasteiger partial charge in [-0.25, -0.2) is 4.98 Å². The fraction of sp³-hybridized carbons (Fsp3) is 0.333. The molecule has 0 unspecified atom stereocenters. The standard InChI is InChI=1S/C24H26N2O3S/c1-16-13-26(14-17(2)29-16)24(27)15-30-23-12-21(18-7-5-4-6-8-18)20-10-9-19(28-3)11-22(20)25-23/h4-12,16-17H,13-15H2,1-3H3/t16-,17-/m1/s1. The molecule has 0 bridgehead atoms. The molecule has 3 aromatic rings. The zero-order valence-electron chi connectivity index (χ0n) is 17.5. The smallest absolute Gasteiger partial charge is 0.233 e. The van der Waals surface area contributed by atoms with Crippen LogP contribution < -0.4 is 4.74 Å². The first kappa shape index (κ1) is 20.7. The first-order valence-electron chi connectivity index (χ1n) is 10.1. The lowest BCUT2D eigenvalue weighted by molar-refractivity contribution is -0.140. The molecular weight excluding hydrogens is 396 g/mol. The van der Waals surface area contributed by atoms with Crippen LogP contribution in [0.25, 0.3) is 22.0 Å². The number of morpholine rings is 1. The van der Waals surface area contributed by atoms with E-state index in [1.165, 1.54) is 11.8 Å². The van der Waals surface area contributed by atoms with Gasteiger partial charge in [-0.05, 0) is 43.2 Å². The number of hydrogen-bond acceptors (Lipinski definition) is 5. The number of aromatic nitrogens is 1. The summed E-state index contributed by atoms with van der Waals surface area (Å²) in [7, 11) is 1.65. The minimum atomic E-state index is 0.0682. The molecule has 2 heterocycles. The lowest BCUT2D eigenvalue weighted by Crippen LogP contribution is -2.48. The predicted molar refractivity (Wildman–Crippen MR) is 121 cm³/mol. The molecule has 156 valence electrons. The Labute approximate surface area is 181 Å². The number of hydrogen-bond donors (Lipinski definition) is 0. The van der Waals surface area contributed by atoms with E-state index in [4.69, 9.17) is 14.5 Å². The summed E-state index contributed by atoms with van der Waals surface area (Å²) in [5, 5.41) is 1.89. The molecule has 1 fully saturated rings. The van der Waals surface area contributed by atoms with Crippen LogP contribution in [0.15, 0.2) is 59.6 Å². The molecule has 0 spiro atoms. The van der Waals surface area contributed by atoms with Crippen LogP contribution in [0.4, 0.5) is 0 Å². The van der Waals surface area contributed by atoms with E-state index in [0.29, 0.717) is 18.8 Å². The van der Waals surface area contributed by atoms with Gasteiger partial charge >= 0.3 is 0 Å². The summed E-state index contributed by atoms with van der Waals surface area (Å²) in [5.74, 6) is 1.25. The number of fused-ring (bicyclic) bond motifs is 1. The molecule has 1 amide bonds. The molecule has 0 radical (unpaired) electrons. The first-order valence-corrected chi connectivity index (χ1v) is 11.1. The normalized spacial score (nSPS) is 19.1. The number of pyridine rings is 1. The van der Waals surface area contributed by atoms with E-state index in [2.05, 4.69) is 18.2 Å². The van der Waals surface area contributed by atoms with Gasteiger partial charge in [-0.1, -0.05) is 42.1 Å². The molecule has 0 N–H and O–H groups in total. The van der Waals surface area contributed by atoms with Gasteiger partial charge in [0.25, 0.3) is 0 Å². The van der Waals surface area contributed by atoms with Crippen LogP contribution in [0.2, 0.25) is 0 Å². The van der Waals surface area contributed by atoms with Crippen LogP contribution >= 0.6 is 11.8 Å². The summed E-state index contributed by atoms with van der Waals surface area (Å²) >= 11 is 1.48. The van der Waals surface area contributed by atoms with E-state index in [0.717, 1.165) is 32.8 Å². The molecule has 30 heavy (non-hydrogen) atoms. The van der Waals surface area contributed by atoms with Gasteiger partial charge in [-0.15, -0.1) is 0 Å². The average molecular weight is 423 g/mol. The maximum Gasteiger partial charge on any atom is 0.233 e. The first-order chi connectivity index (χ1) is 14.5. The fourth-order valence-electron chi connectivity index (χ4n) is 3.85. The number of rotatable bonds is 5. The Kier molecular flexibility index (Phi) is 6.25. The van der Waals surface area contributed by atoms with Gasteiger partial charge in [0.1, 0.15) is 5.75 Å². The summed E-state index contributed by atoms with van der Waals surface area (Å²) in [4.78, 5) is 19.5. The minimum Gasteiger partial charge on any atom is -0.497 e. The van der Waals surface area contributed by atoms with Crippen molar-refractivity contribution in [2.45, 2.75) is 31.1 Å². The second-order valence-electron chi connectivity index (χ2n) is 7.60. The predicted octanol–water partition coefficient (Wildman–Crippen LogP) is 4.64. The summed E-state index contributed by atoms with van der Waals surface area (Å²) in [6.07, 6.45) is 0.136. The van der Waals surface area contributed by atoms with Crippen LogP contribution in [0.3, 0.4) is 0 Å². The summed E-state index contributed by atoms with van der Waals surface area (Å²) in [6.45, 7) is 5.30. The minimum absolute atomic E-state index is 0.0682. The second kappa shape index (κ2) is 9.06. The third-order valence-electron chi connectivity index (χ3n) is 5.19. The topological polar surface area (TPSA) is 51.7 Å². The van der Waals surface area contributed by atoms with Crippen molar-refractivity contribution in [3.63, 3.8) is 0 Å². The van der Waals surface area contributed by atoms with Crippen molar-refractivity contribution in [2.75, 3.05) is 26.0 Å². The molecule has 4 rings (SSSR count). The molecular formula is C24H26N2O3S. The van der Waals surface area contributed by atoms with Gasteiger partial charge in [0.15, 0.2) is 0 Å². The van der Waals surface area contributed by atoms with Gasteiger partial charge in [-0.3, -0.25) is 4.79 Å². The molecule has 1 saturated heterocycles. The van der Waals surface area contributed by atoms with Crippen molar-refractivity contribution in [1.29, 1.82) is 0 Å². The molecule has 6 heteroatoms. The lowest BCUT2D eigenvalue weighted by Gasteiger charge is -2.35. The van der Waals surface area contributed by atoms with Crippen LogP contribution in [0, 0.1) is 0 Å². The third kappa shape index (κ3) is 4.60. The van der Waals surface area contributed by atoms with E-state index in [1.807, 2.05) is 55.1 Å². The Morgan fingerprint density at radius 3 is 2.57 bits per heavy atom. The summed E-state index contributed by atoms with van der Waals surface area (Å²) in [5.41, 5.74) is 3.09. The van der Waals surface area contributed by atoms with E-state index in [1.54, 1.807) is 7.11 Å². The molecule has 1 aromatic heterocycles. The van der Waals surface area contributed by atoms with Gasteiger partial charge in [0, 0.05) is 24.5 Å². The molecule has 0 saturated carbocycles. The van der Waals surface area contributed by atoms with Crippen LogP contribution in [-0.4, -0.2) is 54.0 Å². The molecule has 2 atom stereocenters. The second-order valence-corrected chi connectivity index (χ2v) is 8.60. The molecule has 0 aliphatic carbocycles. The fourth-order valence-corrected chi connectivity index (χ4v) is 4.67. The molecule has 1 aliphatic rings. The highest BCUT2D eigenvalue weighted by Crippen LogP contribution is 2.33. The number of methoxy groups -OCH3 is 1. The highest BCUT2D eigenvalue weighted by atomic mass is 32.2. The van der Waals surface area contributed by atoms with E-state index in [9.17, 15) is 4.79 Å². The Morgan fingerprint density at radius 1 is 1.13 bits per heavy atom. The SMILES string of the molecule is COc1ccc2c(-c3ccccc3)cc(SCC(=O)N3C[C@@H](C)O[C@H](C)C3)nc2c1. The van der Waals surface area contributed by atoms with Crippen molar-refractivity contribution in [3.05, 3.63) is 54.6 Å². The Hall–Kier alpha value is -2.57. The van der Waals surface area contributed by atoms with E-state index < -0.39 is 0 Å². The Morgan fingerprint density at radius 2 is 1.87 bits per heavy atom. The zero-order valence-corrected chi connectivity index (χ0v) is 18.3. The van der Waals surface area contributed by atoms with Gasteiger partial charge in [0.2, 0.25) is 5.91 Å². The lowest BCUT2D eigenvalue weighted by atomic mass is 10.0. The van der Waals surface area contributed by atoms with Gasteiger partial charge in [0.05, 0.1) is 35.6 Å². The van der Waals surface area contributed by atoms with Crippen molar-refractivity contribution in [2.24, 2.45) is 0 Å². The van der Waals surface area contributed by atoms with Crippen LogP contribution in [-0.2, 0) is 9.53 Å². The molecule has 2 aromatic carbocycles. The number of thioether (sulfide) groups is 1. The average Bonchev–Trinajstić information content (AvgIpc) is 2.76. The molecule has 5 nitrogen and oxygen atoms in total. The third-order valence-corrected chi connectivity index (χ3v) is 6.09. The van der Waals surface area contributed by atoms with Gasteiger partial charge < -0.3 is 14.4 Å². The monoisotopic (exact) mass is 422 g/mol. The number of nitrogens with zero attached hydrogens (tertiary/aromatic N) is 2. The molecule has 1 aliphatic heterocycles. The highest BCUT2D eigenvalue weighted by Gasteiger charge is 2.25. The van der Waals surface area contributed by atoms with E-state index in [-0.39, 0.29) is 18.1 Å².